The summed E-state index contributed by atoms with van der Waals surface area (Å²) in [4.78, 5) is 16.9. The quantitative estimate of drug-likeness (QED) is 0.471. The lowest BCUT2D eigenvalue weighted by Crippen LogP contribution is -2.46. The first-order valence-corrected chi connectivity index (χ1v) is 14.1. The minimum Gasteiger partial charge on any atom is -0.480 e. The molecular weight excluding hydrogens is 451 g/mol. The molecule has 4 nitrogen and oxygen atoms in total. The van der Waals surface area contributed by atoms with Crippen molar-refractivity contribution in [1.82, 2.24) is 9.80 Å². The molecule has 1 heterocycles. The number of carboxylic acid groups (broad SMARTS) is 1. The predicted molar refractivity (Wildman–Crippen MR) is 142 cm³/mol. The summed E-state index contributed by atoms with van der Waals surface area (Å²) in [5, 5.41) is 9.75. The highest BCUT2D eigenvalue weighted by atomic mass is 19.1. The summed E-state index contributed by atoms with van der Waals surface area (Å²) < 4.78 is 13.4. The van der Waals surface area contributed by atoms with Gasteiger partial charge in [0.15, 0.2) is 0 Å². The maximum absolute atomic E-state index is 13.4. The average molecular weight is 493 g/mol. The molecule has 0 bridgehead atoms. The van der Waals surface area contributed by atoms with Gasteiger partial charge in [0.1, 0.15) is 5.82 Å². The third kappa shape index (κ3) is 6.18. The summed E-state index contributed by atoms with van der Waals surface area (Å²) in [5.41, 5.74) is 2.67. The van der Waals surface area contributed by atoms with Gasteiger partial charge in [-0.05, 0) is 92.6 Å². The van der Waals surface area contributed by atoms with E-state index in [4.69, 9.17) is 0 Å². The number of carboxylic acids is 1. The minimum absolute atomic E-state index is 0.163. The van der Waals surface area contributed by atoms with E-state index in [1.807, 2.05) is 12.1 Å². The zero-order valence-electron chi connectivity index (χ0n) is 21.4. The maximum atomic E-state index is 13.4. The number of aliphatic carboxylic acids is 1. The van der Waals surface area contributed by atoms with Crippen LogP contribution in [-0.2, 0) is 4.79 Å². The third-order valence-electron chi connectivity index (χ3n) is 9.15. The van der Waals surface area contributed by atoms with Gasteiger partial charge in [0.2, 0.25) is 0 Å². The van der Waals surface area contributed by atoms with Crippen LogP contribution in [0.25, 0.3) is 0 Å². The molecule has 2 aliphatic carbocycles. The number of piperidine rings is 1. The van der Waals surface area contributed by atoms with Gasteiger partial charge in [-0.25, -0.2) is 4.39 Å². The Bertz CT molecular complexity index is 968. The number of nitrogens with zero attached hydrogens (tertiary/aromatic N) is 2. The van der Waals surface area contributed by atoms with Crippen LogP contribution in [-0.4, -0.2) is 59.1 Å². The van der Waals surface area contributed by atoms with Crippen LogP contribution in [0, 0.1) is 11.7 Å². The summed E-state index contributed by atoms with van der Waals surface area (Å²) >= 11 is 0. The van der Waals surface area contributed by atoms with Gasteiger partial charge in [0.05, 0.1) is 6.54 Å². The molecule has 1 aliphatic heterocycles. The van der Waals surface area contributed by atoms with Gasteiger partial charge in [0.25, 0.3) is 0 Å². The van der Waals surface area contributed by atoms with Crippen LogP contribution in [0.4, 0.5) is 4.39 Å². The van der Waals surface area contributed by atoms with Gasteiger partial charge >= 0.3 is 5.97 Å². The van der Waals surface area contributed by atoms with Gasteiger partial charge in [-0.2, -0.15) is 0 Å². The van der Waals surface area contributed by atoms with Gasteiger partial charge in [-0.15, -0.1) is 0 Å². The molecule has 3 atom stereocenters. The summed E-state index contributed by atoms with van der Waals surface area (Å²) in [6.07, 6.45) is 10.4. The molecular formula is C31H41FN2O2. The van der Waals surface area contributed by atoms with Crippen molar-refractivity contribution in [2.45, 2.75) is 81.7 Å². The number of halogens is 1. The number of benzene rings is 2. The molecule has 36 heavy (non-hydrogen) atoms. The SMILES string of the molecule is O=C(O)CN(C1CCCCC1)C1CC(CN2CCC(c3ccc(F)cc3)CC2)C(c2ccccc2)C1. The highest BCUT2D eigenvalue weighted by Crippen LogP contribution is 2.44. The van der Waals surface area contributed by atoms with Crippen molar-refractivity contribution in [3.63, 3.8) is 0 Å². The van der Waals surface area contributed by atoms with Gasteiger partial charge in [-0.1, -0.05) is 61.7 Å². The second-order valence-corrected chi connectivity index (χ2v) is 11.4. The normalized spacial score (nSPS) is 26.4. The summed E-state index contributed by atoms with van der Waals surface area (Å²) in [7, 11) is 0. The molecule has 3 unspecified atom stereocenters. The lowest BCUT2D eigenvalue weighted by atomic mass is 9.86. The van der Waals surface area contributed by atoms with Crippen molar-refractivity contribution >= 4 is 5.97 Å². The first-order valence-electron chi connectivity index (χ1n) is 14.1. The Kier molecular flexibility index (Phi) is 8.38. The Labute approximate surface area is 215 Å². The summed E-state index contributed by atoms with van der Waals surface area (Å²) in [6.45, 7) is 3.41. The van der Waals surface area contributed by atoms with Crippen molar-refractivity contribution in [2.75, 3.05) is 26.2 Å². The van der Waals surface area contributed by atoms with Crippen LogP contribution < -0.4 is 0 Å². The minimum atomic E-state index is -0.692. The zero-order valence-corrected chi connectivity index (χ0v) is 21.4. The van der Waals surface area contributed by atoms with E-state index in [1.165, 1.54) is 30.4 Å². The number of hydrogen-bond donors (Lipinski definition) is 1. The van der Waals surface area contributed by atoms with E-state index >= 15 is 0 Å². The molecule has 1 N–H and O–H groups in total. The average Bonchev–Trinajstić information content (AvgIpc) is 3.32. The van der Waals surface area contributed by atoms with Crippen molar-refractivity contribution in [2.24, 2.45) is 5.92 Å². The van der Waals surface area contributed by atoms with Gasteiger partial charge in [-0.3, -0.25) is 9.69 Å². The van der Waals surface area contributed by atoms with E-state index < -0.39 is 5.97 Å². The van der Waals surface area contributed by atoms with Crippen LogP contribution in [0.15, 0.2) is 54.6 Å². The van der Waals surface area contributed by atoms with E-state index in [0.29, 0.717) is 29.8 Å². The Morgan fingerprint density at radius 2 is 1.56 bits per heavy atom. The zero-order chi connectivity index (χ0) is 24.9. The fourth-order valence-electron chi connectivity index (χ4n) is 7.32. The molecule has 0 spiro atoms. The Hall–Kier alpha value is -2.24. The molecule has 3 fully saturated rings. The lowest BCUT2D eigenvalue weighted by Gasteiger charge is -2.38. The molecule has 5 rings (SSSR count). The van der Waals surface area contributed by atoms with E-state index in [9.17, 15) is 14.3 Å². The van der Waals surface area contributed by atoms with E-state index in [0.717, 1.165) is 58.2 Å². The molecule has 2 aromatic rings. The van der Waals surface area contributed by atoms with E-state index in [1.54, 1.807) is 12.1 Å². The highest BCUT2D eigenvalue weighted by molar-refractivity contribution is 5.69. The third-order valence-corrected chi connectivity index (χ3v) is 9.15. The smallest absolute Gasteiger partial charge is 0.317 e. The van der Waals surface area contributed by atoms with Crippen LogP contribution in [0.3, 0.4) is 0 Å². The maximum Gasteiger partial charge on any atom is 0.317 e. The fraction of sp³-hybridized carbons (Fsp3) is 0.581. The molecule has 194 valence electrons. The predicted octanol–water partition coefficient (Wildman–Crippen LogP) is 6.29. The first-order chi connectivity index (χ1) is 17.6. The number of carbonyl (C=O) groups is 1. The van der Waals surface area contributed by atoms with Crippen molar-refractivity contribution < 1.29 is 14.3 Å². The second kappa shape index (κ2) is 11.9. The molecule has 0 radical (unpaired) electrons. The first kappa shape index (κ1) is 25.4. The molecule has 2 saturated carbocycles. The van der Waals surface area contributed by atoms with Gasteiger partial charge in [0, 0.05) is 18.6 Å². The molecule has 0 amide bonds. The Balaban J connectivity index is 1.27. The Morgan fingerprint density at radius 3 is 2.22 bits per heavy atom. The van der Waals surface area contributed by atoms with Crippen LogP contribution in [0.1, 0.15) is 80.8 Å². The Morgan fingerprint density at radius 1 is 0.861 bits per heavy atom. The molecule has 5 heteroatoms. The van der Waals surface area contributed by atoms with Crippen molar-refractivity contribution in [3.8, 4) is 0 Å². The number of hydrogen-bond acceptors (Lipinski definition) is 3. The largest absolute Gasteiger partial charge is 0.480 e. The summed E-state index contributed by atoms with van der Waals surface area (Å²) in [5.74, 6) is 0.679. The molecule has 1 saturated heterocycles. The molecule has 3 aliphatic rings. The number of rotatable bonds is 8. The fourth-order valence-corrected chi connectivity index (χ4v) is 7.32. The summed E-state index contributed by atoms with van der Waals surface area (Å²) in [6, 6.07) is 18.7. The van der Waals surface area contributed by atoms with Gasteiger partial charge < -0.3 is 10.0 Å². The molecule has 0 aromatic heterocycles. The lowest BCUT2D eigenvalue weighted by molar-refractivity contribution is -0.140. The topological polar surface area (TPSA) is 43.8 Å². The second-order valence-electron chi connectivity index (χ2n) is 11.4. The van der Waals surface area contributed by atoms with E-state index in [-0.39, 0.29) is 12.4 Å². The van der Waals surface area contributed by atoms with Crippen LogP contribution in [0.5, 0.6) is 0 Å². The monoisotopic (exact) mass is 492 g/mol. The highest BCUT2D eigenvalue weighted by Gasteiger charge is 2.41. The van der Waals surface area contributed by atoms with Crippen LogP contribution >= 0.6 is 0 Å². The standard InChI is InChI=1S/C31H41FN2O2/c32-27-13-11-23(12-14-27)24-15-17-33(18-16-24)21-26-19-29(20-30(26)25-7-3-1-4-8-25)34(22-31(35)36)28-9-5-2-6-10-28/h1,3-4,7-8,11-14,24,26,28-30H,2,5-6,9-10,15-22H2,(H,35,36). The van der Waals surface area contributed by atoms with E-state index in [2.05, 4.69) is 40.1 Å². The van der Waals surface area contributed by atoms with Crippen LogP contribution in [0.2, 0.25) is 0 Å². The van der Waals surface area contributed by atoms with Crippen molar-refractivity contribution in [1.29, 1.82) is 0 Å². The molecule has 2 aromatic carbocycles. The van der Waals surface area contributed by atoms with Crippen molar-refractivity contribution in [3.05, 3.63) is 71.5 Å². The number of likely N-dealkylation sites (tertiary alicyclic amines) is 1.